The maximum atomic E-state index is 4.03. The van der Waals surface area contributed by atoms with Crippen LogP contribution in [0.5, 0.6) is 0 Å². The zero-order valence-electron chi connectivity index (χ0n) is 12.7. The first-order valence-corrected chi connectivity index (χ1v) is 7.24. The van der Waals surface area contributed by atoms with Crippen LogP contribution < -0.4 is 0 Å². The highest BCUT2D eigenvalue weighted by Crippen LogP contribution is 2.29. The Labute approximate surface area is 118 Å². The molecule has 1 unspecified atom stereocenters. The summed E-state index contributed by atoms with van der Waals surface area (Å²) in [4.78, 5) is 0. The molecule has 0 heterocycles. The summed E-state index contributed by atoms with van der Waals surface area (Å²) in [5, 5.41) is 0. The van der Waals surface area contributed by atoms with Crippen LogP contribution in [0, 0.1) is 12.8 Å². The molecule has 0 amide bonds. The molecule has 0 aliphatic carbocycles. The van der Waals surface area contributed by atoms with Gasteiger partial charge in [-0.25, -0.2) is 0 Å². The predicted octanol–water partition coefficient (Wildman–Crippen LogP) is 5.95. The molecule has 0 fully saturated rings. The van der Waals surface area contributed by atoms with Crippen molar-refractivity contribution in [3.63, 3.8) is 0 Å². The summed E-state index contributed by atoms with van der Waals surface area (Å²) >= 11 is 0. The Hall–Kier alpha value is -1.56. The van der Waals surface area contributed by atoms with Crippen LogP contribution in [0.3, 0.4) is 0 Å². The van der Waals surface area contributed by atoms with E-state index in [0.29, 0.717) is 5.92 Å². The van der Waals surface area contributed by atoms with Crippen LogP contribution in [0.25, 0.3) is 5.57 Å². The van der Waals surface area contributed by atoms with Gasteiger partial charge in [0.05, 0.1) is 0 Å². The van der Waals surface area contributed by atoms with Crippen molar-refractivity contribution < 1.29 is 0 Å². The molecule has 0 nitrogen and oxygen atoms in total. The van der Waals surface area contributed by atoms with Gasteiger partial charge in [0.1, 0.15) is 0 Å². The second kappa shape index (κ2) is 7.78. The molecule has 0 bridgehead atoms. The van der Waals surface area contributed by atoms with Gasteiger partial charge in [-0.3, -0.25) is 0 Å². The van der Waals surface area contributed by atoms with Crippen molar-refractivity contribution in [3.8, 4) is 0 Å². The first kappa shape index (κ1) is 15.5. The lowest BCUT2D eigenvalue weighted by molar-refractivity contribution is 0.672. The van der Waals surface area contributed by atoms with Gasteiger partial charge in [0.15, 0.2) is 0 Å². The molecule has 0 aliphatic rings. The molecule has 0 N–H and O–H groups in total. The van der Waals surface area contributed by atoms with Gasteiger partial charge < -0.3 is 0 Å². The van der Waals surface area contributed by atoms with E-state index >= 15 is 0 Å². The van der Waals surface area contributed by atoms with Gasteiger partial charge in [0, 0.05) is 0 Å². The van der Waals surface area contributed by atoms with Crippen molar-refractivity contribution in [2.24, 2.45) is 5.92 Å². The highest BCUT2D eigenvalue weighted by Gasteiger charge is 2.11. The van der Waals surface area contributed by atoms with E-state index in [9.17, 15) is 0 Å². The molecule has 0 spiro atoms. The summed E-state index contributed by atoms with van der Waals surface area (Å²) in [6.07, 6.45) is 8.73. The van der Waals surface area contributed by atoms with E-state index in [4.69, 9.17) is 0 Å². The summed E-state index contributed by atoms with van der Waals surface area (Å²) in [5.41, 5.74) is 5.28. The van der Waals surface area contributed by atoms with E-state index in [1.165, 1.54) is 22.3 Å². The van der Waals surface area contributed by atoms with Crippen LogP contribution >= 0.6 is 0 Å². The first-order chi connectivity index (χ1) is 9.15. The number of hydrogen-bond acceptors (Lipinski definition) is 0. The smallest absolute Gasteiger partial charge is 0.0152 e. The van der Waals surface area contributed by atoms with E-state index in [-0.39, 0.29) is 0 Å². The minimum absolute atomic E-state index is 0.551. The molecule has 0 aromatic heterocycles. The number of benzene rings is 1. The van der Waals surface area contributed by atoms with Crippen molar-refractivity contribution in [1.82, 2.24) is 0 Å². The molecule has 0 heteroatoms. The molecule has 0 aliphatic heterocycles. The minimum atomic E-state index is 0.551. The lowest BCUT2D eigenvalue weighted by Crippen LogP contribution is -2.00. The fraction of sp³-hybridized carbons (Fsp3) is 0.368. The lowest BCUT2D eigenvalue weighted by atomic mass is 9.88. The Morgan fingerprint density at radius 1 is 1.26 bits per heavy atom. The van der Waals surface area contributed by atoms with Gasteiger partial charge in [0.2, 0.25) is 0 Å². The zero-order chi connectivity index (χ0) is 14.3. The maximum Gasteiger partial charge on any atom is -0.0152 e. The van der Waals surface area contributed by atoms with Crippen LogP contribution in [0.2, 0.25) is 0 Å². The topological polar surface area (TPSA) is 0 Å². The molecular weight excluding hydrogens is 228 g/mol. The second-order valence-corrected chi connectivity index (χ2v) is 5.01. The van der Waals surface area contributed by atoms with E-state index < -0.39 is 0 Å². The van der Waals surface area contributed by atoms with Crippen molar-refractivity contribution >= 4 is 5.57 Å². The van der Waals surface area contributed by atoms with Gasteiger partial charge in [-0.1, -0.05) is 69.8 Å². The highest BCUT2D eigenvalue weighted by molar-refractivity contribution is 5.80. The van der Waals surface area contributed by atoms with Gasteiger partial charge >= 0.3 is 0 Å². The Balaban J connectivity index is 3.41. The van der Waals surface area contributed by atoms with E-state index in [2.05, 4.69) is 70.7 Å². The van der Waals surface area contributed by atoms with Crippen LogP contribution in [0.15, 0.2) is 54.6 Å². The SMILES string of the molecule is C=C/C(=C(\C=C/CC)C(C)CC)c1ccccc1C. The molecular formula is C19H26. The highest BCUT2D eigenvalue weighted by atomic mass is 14.2. The summed E-state index contributed by atoms with van der Waals surface area (Å²) < 4.78 is 0. The standard InChI is InChI=1S/C19H26/c1-6-9-13-18(15(4)7-2)17(8-3)19-14-11-10-12-16(19)5/h8-15H,3,6-7H2,1-2,4-5H3/b13-9-,18-17-. The summed E-state index contributed by atoms with van der Waals surface area (Å²) in [7, 11) is 0. The summed E-state index contributed by atoms with van der Waals surface area (Å²) in [6.45, 7) is 12.9. The summed E-state index contributed by atoms with van der Waals surface area (Å²) in [6, 6.07) is 8.54. The van der Waals surface area contributed by atoms with Gasteiger partial charge in [0.25, 0.3) is 0 Å². The van der Waals surface area contributed by atoms with Gasteiger partial charge in [-0.2, -0.15) is 0 Å². The molecule has 1 atom stereocenters. The lowest BCUT2D eigenvalue weighted by Gasteiger charge is -2.17. The third-order valence-electron chi connectivity index (χ3n) is 3.63. The number of rotatable bonds is 6. The van der Waals surface area contributed by atoms with Crippen LogP contribution in [0.4, 0.5) is 0 Å². The third-order valence-corrected chi connectivity index (χ3v) is 3.63. The molecule has 102 valence electrons. The van der Waals surface area contributed by atoms with Crippen molar-refractivity contribution in [2.45, 2.75) is 40.5 Å². The Morgan fingerprint density at radius 2 is 1.95 bits per heavy atom. The fourth-order valence-electron chi connectivity index (χ4n) is 2.24. The largest absolute Gasteiger partial charge is 0.0984 e. The van der Waals surface area contributed by atoms with Crippen LogP contribution in [0.1, 0.15) is 44.7 Å². The van der Waals surface area contributed by atoms with Gasteiger partial charge in [-0.05, 0) is 48.0 Å². The van der Waals surface area contributed by atoms with E-state index in [0.717, 1.165) is 12.8 Å². The molecule has 1 aromatic rings. The first-order valence-electron chi connectivity index (χ1n) is 7.24. The minimum Gasteiger partial charge on any atom is -0.0984 e. The Morgan fingerprint density at radius 3 is 2.47 bits per heavy atom. The van der Waals surface area contributed by atoms with Crippen molar-refractivity contribution in [1.29, 1.82) is 0 Å². The number of aryl methyl sites for hydroxylation is 1. The second-order valence-electron chi connectivity index (χ2n) is 5.01. The molecule has 0 saturated heterocycles. The normalized spacial score (nSPS) is 14.3. The summed E-state index contributed by atoms with van der Waals surface area (Å²) in [5.74, 6) is 0.551. The molecule has 0 saturated carbocycles. The number of allylic oxidation sites excluding steroid dienone is 5. The van der Waals surface area contributed by atoms with E-state index in [1.54, 1.807) is 0 Å². The Bertz CT molecular complexity index is 475. The van der Waals surface area contributed by atoms with Crippen molar-refractivity contribution in [2.75, 3.05) is 0 Å². The molecule has 1 aromatic carbocycles. The predicted molar refractivity (Wildman–Crippen MR) is 87.2 cm³/mol. The monoisotopic (exact) mass is 254 g/mol. The quantitative estimate of drug-likeness (QED) is 0.550. The average molecular weight is 254 g/mol. The Kier molecular flexibility index (Phi) is 6.35. The molecule has 0 radical (unpaired) electrons. The average Bonchev–Trinajstić information content (AvgIpc) is 2.44. The maximum absolute atomic E-state index is 4.03. The van der Waals surface area contributed by atoms with Gasteiger partial charge in [-0.15, -0.1) is 0 Å². The van der Waals surface area contributed by atoms with Crippen LogP contribution in [-0.4, -0.2) is 0 Å². The molecule has 1 rings (SSSR count). The fourth-order valence-corrected chi connectivity index (χ4v) is 2.24. The van der Waals surface area contributed by atoms with Crippen molar-refractivity contribution in [3.05, 3.63) is 65.8 Å². The van der Waals surface area contributed by atoms with Crippen LogP contribution in [-0.2, 0) is 0 Å². The third kappa shape index (κ3) is 3.96. The molecule has 19 heavy (non-hydrogen) atoms. The van der Waals surface area contributed by atoms with E-state index in [1.807, 2.05) is 6.08 Å². The zero-order valence-corrected chi connectivity index (χ0v) is 12.7. The number of hydrogen-bond donors (Lipinski definition) is 0.